The maximum atomic E-state index is 13.0. The van der Waals surface area contributed by atoms with E-state index >= 15 is 0 Å². The summed E-state index contributed by atoms with van der Waals surface area (Å²) in [5.41, 5.74) is 2.84. The third-order valence-corrected chi connectivity index (χ3v) is 5.33. The van der Waals surface area contributed by atoms with E-state index in [1.807, 2.05) is 43.3 Å². The number of hydrogen-bond donors (Lipinski definition) is 1. The monoisotopic (exact) mass is 412 g/mol. The highest BCUT2D eigenvalue weighted by Crippen LogP contribution is 2.28. The lowest BCUT2D eigenvalue weighted by atomic mass is 10.2. The van der Waals surface area contributed by atoms with Crippen LogP contribution in [0.25, 0.3) is 10.4 Å². The molecule has 150 valence electrons. The molecule has 0 saturated carbocycles. The SMILES string of the molecule is CN(C)c1ccc(CNC(=O)COC(=O)c2ccc(-c3ccc(F)cc3)s2)cc1. The first-order chi connectivity index (χ1) is 13.9. The molecule has 1 heterocycles. The van der Waals surface area contributed by atoms with Crippen LogP contribution in [0.3, 0.4) is 0 Å². The molecule has 3 rings (SSSR count). The summed E-state index contributed by atoms with van der Waals surface area (Å²) in [5.74, 6) is -1.25. The Kier molecular flexibility index (Phi) is 6.61. The Labute approximate surface area is 172 Å². The average molecular weight is 412 g/mol. The summed E-state index contributed by atoms with van der Waals surface area (Å²) < 4.78 is 18.1. The zero-order valence-corrected chi connectivity index (χ0v) is 17.0. The Morgan fingerprint density at radius 1 is 1.00 bits per heavy atom. The number of benzene rings is 2. The molecule has 1 amide bonds. The molecule has 0 radical (unpaired) electrons. The molecule has 3 aromatic rings. The van der Waals surface area contributed by atoms with Crippen molar-refractivity contribution in [2.75, 3.05) is 25.6 Å². The van der Waals surface area contributed by atoms with E-state index in [9.17, 15) is 14.0 Å². The van der Waals surface area contributed by atoms with Gasteiger partial charge in [-0.1, -0.05) is 24.3 Å². The number of carbonyl (C=O) groups excluding carboxylic acids is 2. The van der Waals surface area contributed by atoms with Crippen molar-refractivity contribution in [2.24, 2.45) is 0 Å². The zero-order valence-electron chi connectivity index (χ0n) is 16.1. The summed E-state index contributed by atoms with van der Waals surface area (Å²) in [4.78, 5) is 27.3. The Hall–Kier alpha value is -3.19. The quantitative estimate of drug-likeness (QED) is 0.594. The van der Waals surface area contributed by atoms with Crippen molar-refractivity contribution < 1.29 is 18.7 Å². The van der Waals surface area contributed by atoms with Crippen LogP contribution in [0.5, 0.6) is 0 Å². The molecule has 0 fully saturated rings. The van der Waals surface area contributed by atoms with Crippen molar-refractivity contribution in [1.82, 2.24) is 5.32 Å². The number of anilines is 1. The lowest BCUT2D eigenvalue weighted by molar-refractivity contribution is -0.124. The number of rotatable bonds is 7. The summed E-state index contributed by atoms with van der Waals surface area (Å²) in [6.07, 6.45) is 0. The Balaban J connectivity index is 1.47. The molecule has 0 bridgehead atoms. The van der Waals surface area contributed by atoms with Crippen LogP contribution >= 0.6 is 11.3 Å². The number of amides is 1. The summed E-state index contributed by atoms with van der Waals surface area (Å²) in [6, 6.07) is 17.2. The minimum atomic E-state index is -0.561. The number of nitrogens with zero attached hydrogens (tertiary/aromatic N) is 1. The molecular formula is C22H21FN2O3S. The summed E-state index contributed by atoms with van der Waals surface area (Å²) in [5, 5.41) is 2.73. The zero-order chi connectivity index (χ0) is 20.8. The van der Waals surface area contributed by atoms with Crippen LogP contribution in [0, 0.1) is 5.82 Å². The van der Waals surface area contributed by atoms with E-state index in [4.69, 9.17) is 4.74 Å². The van der Waals surface area contributed by atoms with Gasteiger partial charge in [0.05, 0.1) is 0 Å². The fourth-order valence-corrected chi connectivity index (χ4v) is 3.49. The van der Waals surface area contributed by atoms with E-state index in [0.717, 1.165) is 21.7 Å². The molecule has 0 saturated heterocycles. The number of nitrogens with one attached hydrogen (secondary N) is 1. The Morgan fingerprint density at radius 3 is 2.34 bits per heavy atom. The van der Waals surface area contributed by atoms with Gasteiger partial charge in [-0.15, -0.1) is 11.3 Å². The van der Waals surface area contributed by atoms with E-state index in [1.54, 1.807) is 24.3 Å². The maximum Gasteiger partial charge on any atom is 0.348 e. The second-order valence-electron chi connectivity index (χ2n) is 6.58. The molecule has 7 heteroatoms. The third-order valence-electron chi connectivity index (χ3n) is 4.21. The second kappa shape index (κ2) is 9.34. The molecule has 1 N–H and O–H groups in total. The van der Waals surface area contributed by atoms with E-state index in [2.05, 4.69) is 5.32 Å². The number of ether oxygens (including phenoxy) is 1. The van der Waals surface area contributed by atoms with Gasteiger partial charge in [0.1, 0.15) is 10.7 Å². The number of esters is 1. The number of halogens is 1. The standard InChI is InChI=1S/C22H21FN2O3S/c1-25(2)18-9-3-15(4-10-18)13-24-21(26)14-28-22(27)20-12-11-19(29-20)16-5-7-17(23)8-6-16/h3-12H,13-14H2,1-2H3,(H,24,26). The lowest BCUT2D eigenvalue weighted by Crippen LogP contribution is -2.28. The van der Waals surface area contributed by atoms with Gasteiger partial charge in [-0.05, 0) is 47.5 Å². The summed E-state index contributed by atoms with van der Waals surface area (Å²) >= 11 is 1.23. The molecule has 2 aromatic carbocycles. The Morgan fingerprint density at radius 2 is 1.69 bits per heavy atom. The highest BCUT2D eigenvalue weighted by molar-refractivity contribution is 7.17. The first-order valence-corrected chi connectivity index (χ1v) is 9.80. The van der Waals surface area contributed by atoms with Gasteiger partial charge in [-0.2, -0.15) is 0 Å². The van der Waals surface area contributed by atoms with Crippen LogP contribution in [0.15, 0.2) is 60.7 Å². The molecule has 5 nitrogen and oxygen atoms in total. The highest BCUT2D eigenvalue weighted by Gasteiger charge is 2.13. The molecular weight excluding hydrogens is 391 g/mol. The number of carbonyl (C=O) groups is 2. The van der Waals surface area contributed by atoms with Gasteiger partial charge >= 0.3 is 5.97 Å². The first kappa shape index (κ1) is 20.5. The van der Waals surface area contributed by atoms with Crippen LogP contribution in [-0.4, -0.2) is 32.6 Å². The van der Waals surface area contributed by atoms with Crippen molar-refractivity contribution >= 4 is 28.9 Å². The van der Waals surface area contributed by atoms with Crippen molar-refractivity contribution in [3.8, 4) is 10.4 Å². The van der Waals surface area contributed by atoms with Crippen LogP contribution in [-0.2, 0) is 16.1 Å². The van der Waals surface area contributed by atoms with Gasteiger partial charge in [-0.3, -0.25) is 4.79 Å². The molecule has 0 unspecified atom stereocenters. The maximum absolute atomic E-state index is 13.0. The van der Waals surface area contributed by atoms with Crippen molar-refractivity contribution in [3.05, 3.63) is 76.9 Å². The topological polar surface area (TPSA) is 58.6 Å². The van der Waals surface area contributed by atoms with Crippen molar-refractivity contribution in [2.45, 2.75) is 6.54 Å². The van der Waals surface area contributed by atoms with Crippen LogP contribution < -0.4 is 10.2 Å². The normalized spacial score (nSPS) is 10.4. The van der Waals surface area contributed by atoms with Crippen LogP contribution in [0.1, 0.15) is 15.2 Å². The molecule has 1 aromatic heterocycles. The summed E-state index contributed by atoms with van der Waals surface area (Å²) in [7, 11) is 3.92. The molecule has 0 spiro atoms. The van der Waals surface area contributed by atoms with Gasteiger partial charge < -0.3 is 15.0 Å². The smallest absolute Gasteiger partial charge is 0.348 e. The number of thiophene rings is 1. The van der Waals surface area contributed by atoms with Gasteiger partial charge in [0, 0.05) is 31.2 Å². The minimum absolute atomic E-state index is 0.315. The molecule has 0 aliphatic rings. The van der Waals surface area contributed by atoms with Gasteiger partial charge in [0.15, 0.2) is 6.61 Å². The van der Waals surface area contributed by atoms with E-state index < -0.39 is 5.97 Å². The van der Waals surface area contributed by atoms with Gasteiger partial charge in [0.2, 0.25) is 0 Å². The van der Waals surface area contributed by atoms with E-state index in [0.29, 0.717) is 11.4 Å². The molecule has 0 aliphatic carbocycles. The van der Waals surface area contributed by atoms with Crippen LogP contribution in [0.4, 0.5) is 10.1 Å². The van der Waals surface area contributed by atoms with E-state index in [-0.39, 0.29) is 18.3 Å². The largest absolute Gasteiger partial charge is 0.451 e. The third kappa shape index (κ3) is 5.65. The minimum Gasteiger partial charge on any atom is -0.451 e. The summed E-state index contributed by atoms with van der Waals surface area (Å²) in [6.45, 7) is 0.0101. The molecule has 0 atom stereocenters. The fourth-order valence-electron chi connectivity index (χ4n) is 2.58. The highest BCUT2D eigenvalue weighted by atomic mass is 32.1. The van der Waals surface area contributed by atoms with Crippen molar-refractivity contribution in [1.29, 1.82) is 0 Å². The lowest BCUT2D eigenvalue weighted by Gasteiger charge is -2.13. The first-order valence-electron chi connectivity index (χ1n) is 8.98. The van der Waals surface area contributed by atoms with Gasteiger partial charge in [-0.25, -0.2) is 9.18 Å². The Bertz CT molecular complexity index is 982. The fraction of sp³-hybridized carbons (Fsp3) is 0.182. The van der Waals surface area contributed by atoms with Crippen LogP contribution in [0.2, 0.25) is 0 Å². The van der Waals surface area contributed by atoms with E-state index in [1.165, 1.54) is 23.5 Å². The molecule has 29 heavy (non-hydrogen) atoms. The number of hydrogen-bond acceptors (Lipinski definition) is 5. The average Bonchev–Trinajstić information content (AvgIpc) is 3.21. The predicted molar refractivity (Wildman–Crippen MR) is 113 cm³/mol. The van der Waals surface area contributed by atoms with Crippen molar-refractivity contribution in [3.63, 3.8) is 0 Å². The molecule has 0 aliphatic heterocycles. The second-order valence-corrected chi connectivity index (χ2v) is 7.67. The van der Waals surface area contributed by atoms with Gasteiger partial charge in [0.25, 0.3) is 5.91 Å². The predicted octanol–water partition coefficient (Wildman–Crippen LogP) is 4.09.